The molecule has 0 fully saturated rings. The Morgan fingerprint density at radius 1 is 0.833 bits per heavy atom. The zero-order valence-electron chi connectivity index (χ0n) is 17.1. The Balaban J connectivity index is 1.73. The molecule has 0 amide bonds. The third kappa shape index (κ3) is 3.23. The number of aromatic nitrogens is 1. The summed E-state index contributed by atoms with van der Waals surface area (Å²) < 4.78 is 2.36. The van der Waals surface area contributed by atoms with E-state index in [1.54, 1.807) is 0 Å². The molecule has 0 atom stereocenters. The maximum Gasteiger partial charge on any atom is 0.213 e. The van der Waals surface area contributed by atoms with Crippen LogP contribution in [-0.4, -0.2) is 12.4 Å². The van der Waals surface area contributed by atoms with Crippen LogP contribution in [0.4, 0.5) is 11.4 Å². The highest BCUT2D eigenvalue weighted by molar-refractivity contribution is 9.09. The van der Waals surface area contributed by atoms with Crippen molar-refractivity contribution in [1.29, 1.82) is 0 Å². The lowest BCUT2D eigenvalue weighted by Crippen LogP contribution is -2.34. The smallest absolute Gasteiger partial charge is 0.213 e. The maximum absolute atomic E-state index is 3.56. The van der Waals surface area contributed by atoms with E-state index in [1.165, 1.54) is 44.5 Å². The van der Waals surface area contributed by atoms with Gasteiger partial charge < -0.3 is 4.90 Å². The average molecular weight is 456 g/mol. The summed E-state index contributed by atoms with van der Waals surface area (Å²) in [6.45, 7) is 1.01. The van der Waals surface area contributed by atoms with E-state index in [1.807, 2.05) is 0 Å². The second kappa shape index (κ2) is 8.08. The van der Waals surface area contributed by atoms with Gasteiger partial charge >= 0.3 is 0 Å². The molecule has 1 aliphatic heterocycles. The molecule has 0 radical (unpaired) electrons. The minimum Gasteiger partial charge on any atom is -0.344 e. The number of fused-ring (bicyclic) bond motifs is 3. The molecule has 5 rings (SSSR count). The van der Waals surface area contributed by atoms with Gasteiger partial charge in [0.1, 0.15) is 6.54 Å². The monoisotopic (exact) mass is 455 g/mol. The third-order valence-corrected chi connectivity index (χ3v) is 6.46. The molecule has 0 aliphatic carbocycles. The van der Waals surface area contributed by atoms with Crippen molar-refractivity contribution in [3.63, 3.8) is 0 Å². The van der Waals surface area contributed by atoms with E-state index in [9.17, 15) is 0 Å². The van der Waals surface area contributed by atoms with Gasteiger partial charge in [-0.2, -0.15) is 4.57 Å². The summed E-state index contributed by atoms with van der Waals surface area (Å²) >= 11 is 3.56. The SMILES string of the molecule is CN1c2ccccc2C(=Cc2cc[n+](CCCBr)c3ccccc23)c2ccccc21. The zero-order chi connectivity index (χ0) is 20.5. The van der Waals surface area contributed by atoms with E-state index in [0.29, 0.717) is 0 Å². The highest BCUT2D eigenvalue weighted by Crippen LogP contribution is 2.44. The molecule has 2 nitrogen and oxygen atoms in total. The number of nitrogens with zero attached hydrogens (tertiary/aromatic N) is 2. The minimum atomic E-state index is 1.01. The molecule has 0 saturated carbocycles. The molecule has 1 aromatic heterocycles. The Morgan fingerprint density at radius 3 is 2.17 bits per heavy atom. The molecule has 1 aliphatic rings. The van der Waals surface area contributed by atoms with E-state index < -0.39 is 0 Å². The van der Waals surface area contributed by atoms with Crippen molar-refractivity contribution in [1.82, 2.24) is 0 Å². The van der Waals surface area contributed by atoms with Crippen LogP contribution < -0.4 is 9.47 Å². The van der Waals surface area contributed by atoms with Crippen LogP contribution in [-0.2, 0) is 6.54 Å². The molecule has 0 N–H and O–H groups in total. The van der Waals surface area contributed by atoms with Gasteiger partial charge in [0.15, 0.2) is 6.20 Å². The number of aryl methyl sites for hydroxylation is 1. The van der Waals surface area contributed by atoms with Crippen molar-refractivity contribution in [3.05, 3.63) is 102 Å². The van der Waals surface area contributed by atoms with Crippen LogP contribution in [0.3, 0.4) is 0 Å². The van der Waals surface area contributed by atoms with Gasteiger partial charge in [-0.3, -0.25) is 0 Å². The van der Waals surface area contributed by atoms with Crippen LogP contribution in [0, 0.1) is 0 Å². The second-order valence-electron chi connectivity index (χ2n) is 7.68. The Bertz CT molecular complexity index is 1210. The summed E-state index contributed by atoms with van der Waals surface area (Å²) in [6.07, 6.45) is 5.70. The van der Waals surface area contributed by atoms with Crippen LogP contribution in [0.5, 0.6) is 0 Å². The van der Waals surface area contributed by atoms with Crippen molar-refractivity contribution >= 4 is 49.9 Å². The van der Waals surface area contributed by atoms with Gasteiger partial charge in [0.2, 0.25) is 5.52 Å². The molecule has 3 heteroatoms. The van der Waals surface area contributed by atoms with Crippen molar-refractivity contribution < 1.29 is 4.57 Å². The van der Waals surface area contributed by atoms with Crippen molar-refractivity contribution in [2.24, 2.45) is 0 Å². The van der Waals surface area contributed by atoms with E-state index in [0.717, 1.165) is 18.3 Å². The van der Waals surface area contributed by atoms with Gasteiger partial charge in [-0.05, 0) is 35.4 Å². The number of para-hydroxylation sites is 3. The molecule has 0 unspecified atom stereocenters. The van der Waals surface area contributed by atoms with E-state index in [2.05, 4.69) is 124 Å². The summed E-state index contributed by atoms with van der Waals surface area (Å²) in [5, 5.41) is 2.30. The molecule has 148 valence electrons. The third-order valence-electron chi connectivity index (χ3n) is 5.90. The van der Waals surface area contributed by atoms with Crippen LogP contribution in [0.25, 0.3) is 22.6 Å². The van der Waals surface area contributed by atoms with Crippen molar-refractivity contribution in [2.75, 3.05) is 17.3 Å². The number of rotatable bonds is 4. The summed E-state index contributed by atoms with van der Waals surface area (Å²) in [6, 6.07) is 28.3. The maximum atomic E-state index is 3.56. The fraction of sp³-hybridized carbons (Fsp3) is 0.148. The van der Waals surface area contributed by atoms with Gasteiger partial charge in [0, 0.05) is 53.4 Å². The van der Waals surface area contributed by atoms with Gasteiger partial charge in [0.05, 0.1) is 5.39 Å². The summed E-state index contributed by atoms with van der Waals surface area (Å²) in [5.74, 6) is 0. The summed E-state index contributed by atoms with van der Waals surface area (Å²) in [4.78, 5) is 2.29. The zero-order valence-corrected chi connectivity index (χ0v) is 18.6. The van der Waals surface area contributed by atoms with Crippen LogP contribution in [0.2, 0.25) is 0 Å². The standard InChI is InChI=1S/C27H24BrN2/c1-29-25-12-5-3-10-22(25)24(23-11-4-6-13-26(23)29)19-20-15-18-30(17-8-16-28)27-14-7-2-9-21(20)27/h2-7,9-15,18-19H,8,16-17H2,1H3/q+1. The quantitative estimate of drug-likeness (QED) is 0.249. The second-order valence-corrected chi connectivity index (χ2v) is 8.47. The highest BCUT2D eigenvalue weighted by atomic mass is 79.9. The summed E-state index contributed by atoms with van der Waals surface area (Å²) in [7, 11) is 2.15. The minimum absolute atomic E-state index is 1.01. The van der Waals surface area contributed by atoms with E-state index in [4.69, 9.17) is 0 Å². The Kier molecular flexibility index (Phi) is 5.14. The lowest BCUT2D eigenvalue weighted by Gasteiger charge is -2.31. The predicted octanol–water partition coefficient (Wildman–Crippen LogP) is 6.58. The Morgan fingerprint density at radius 2 is 1.47 bits per heavy atom. The number of hydrogen-bond acceptors (Lipinski definition) is 1. The fourth-order valence-corrected chi connectivity index (χ4v) is 4.68. The summed E-state index contributed by atoms with van der Waals surface area (Å²) in [5.41, 5.74) is 8.86. The first-order valence-electron chi connectivity index (χ1n) is 10.4. The van der Waals surface area contributed by atoms with Gasteiger partial charge in [-0.25, -0.2) is 0 Å². The normalized spacial score (nSPS) is 12.6. The lowest BCUT2D eigenvalue weighted by molar-refractivity contribution is -0.671. The fourth-order valence-electron chi connectivity index (χ4n) is 4.43. The van der Waals surface area contributed by atoms with Crippen LogP contribution in [0.15, 0.2) is 85.1 Å². The average Bonchev–Trinajstić information content (AvgIpc) is 2.81. The molecular formula is C27H24BrN2+. The molecule has 3 aromatic carbocycles. The Hall–Kier alpha value is -2.91. The number of benzene rings is 3. The van der Waals surface area contributed by atoms with E-state index in [-0.39, 0.29) is 0 Å². The topological polar surface area (TPSA) is 7.12 Å². The highest BCUT2D eigenvalue weighted by Gasteiger charge is 2.23. The van der Waals surface area contributed by atoms with Crippen LogP contribution >= 0.6 is 15.9 Å². The van der Waals surface area contributed by atoms with E-state index >= 15 is 0 Å². The lowest BCUT2D eigenvalue weighted by atomic mass is 9.88. The van der Waals surface area contributed by atoms with Crippen molar-refractivity contribution in [3.8, 4) is 0 Å². The predicted molar refractivity (Wildman–Crippen MR) is 130 cm³/mol. The molecule has 2 heterocycles. The number of halogens is 1. The first-order valence-corrected chi connectivity index (χ1v) is 11.5. The molecule has 0 spiro atoms. The van der Waals surface area contributed by atoms with Gasteiger partial charge in [-0.15, -0.1) is 0 Å². The number of hydrogen-bond donors (Lipinski definition) is 0. The first kappa shape index (κ1) is 19.1. The Labute approximate surface area is 186 Å². The van der Waals surface area contributed by atoms with Gasteiger partial charge in [0.25, 0.3) is 0 Å². The molecule has 0 bridgehead atoms. The van der Waals surface area contributed by atoms with Crippen molar-refractivity contribution in [2.45, 2.75) is 13.0 Å². The largest absolute Gasteiger partial charge is 0.344 e. The number of alkyl halides is 1. The number of anilines is 2. The van der Waals surface area contributed by atoms with Crippen LogP contribution in [0.1, 0.15) is 23.1 Å². The molecule has 30 heavy (non-hydrogen) atoms. The van der Waals surface area contributed by atoms with Gasteiger partial charge in [-0.1, -0.05) is 64.5 Å². The molecular weight excluding hydrogens is 432 g/mol. The molecule has 0 saturated heterocycles. The molecule has 4 aromatic rings. The first-order chi connectivity index (χ1) is 14.8. The number of pyridine rings is 1.